The molecule has 176 valence electrons. The van der Waals surface area contributed by atoms with E-state index in [-0.39, 0.29) is 16.4 Å². The summed E-state index contributed by atoms with van der Waals surface area (Å²) < 4.78 is 16.1. The van der Waals surface area contributed by atoms with Gasteiger partial charge in [0.25, 0.3) is 11.7 Å². The fourth-order valence-electron chi connectivity index (χ4n) is 3.80. The highest BCUT2D eigenvalue weighted by atomic mass is 35.5. The number of ketones is 1. The largest absolute Gasteiger partial charge is 0.507 e. The first-order chi connectivity index (χ1) is 15.7. The third kappa shape index (κ3) is 4.77. The van der Waals surface area contributed by atoms with Crippen LogP contribution >= 0.6 is 11.6 Å². The first kappa shape index (κ1) is 24.4. The normalized spacial score (nSPS) is 17.5. The molecule has 1 amide bonds. The number of aliphatic hydroxyl groups is 1. The lowest BCUT2D eigenvalue weighted by Crippen LogP contribution is -3.06. The topological polar surface area (TPSA) is 89.7 Å². The van der Waals surface area contributed by atoms with Gasteiger partial charge in [-0.15, -0.1) is 0 Å². The lowest BCUT2D eigenvalue weighted by molar-refractivity contribution is -0.857. The Hall–Kier alpha value is -3.23. The van der Waals surface area contributed by atoms with Crippen molar-refractivity contribution in [2.45, 2.75) is 6.04 Å². The van der Waals surface area contributed by atoms with E-state index in [0.717, 1.165) is 4.90 Å². The van der Waals surface area contributed by atoms with Crippen LogP contribution in [-0.2, 0) is 9.59 Å². The number of halogens is 1. The van der Waals surface area contributed by atoms with Gasteiger partial charge >= 0.3 is 0 Å². The zero-order valence-corrected chi connectivity index (χ0v) is 20.0. The van der Waals surface area contributed by atoms with Gasteiger partial charge in [-0.25, -0.2) is 0 Å². The molecule has 1 atom stereocenters. The molecule has 1 saturated heterocycles. The fourth-order valence-corrected chi connectivity index (χ4v) is 4.06. The van der Waals surface area contributed by atoms with Gasteiger partial charge in [0.2, 0.25) is 0 Å². The van der Waals surface area contributed by atoms with Gasteiger partial charge in [0, 0.05) is 11.1 Å². The second-order valence-electron chi connectivity index (χ2n) is 7.91. The van der Waals surface area contributed by atoms with E-state index in [4.69, 9.17) is 25.8 Å². The van der Waals surface area contributed by atoms with Crippen LogP contribution in [0, 0.1) is 0 Å². The molecule has 0 aromatic heterocycles. The van der Waals surface area contributed by atoms with Crippen LogP contribution < -0.4 is 19.1 Å². The zero-order chi connectivity index (χ0) is 24.3. The molecule has 1 fully saturated rings. The van der Waals surface area contributed by atoms with Gasteiger partial charge in [0.1, 0.15) is 23.0 Å². The number of aliphatic hydroxyl groups excluding tert-OH is 1. The second kappa shape index (κ2) is 10.1. The van der Waals surface area contributed by atoms with Crippen molar-refractivity contribution in [3.8, 4) is 17.2 Å². The quantitative estimate of drug-likeness (QED) is 0.344. The van der Waals surface area contributed by atoms with Crippen molar-refractivity contribution in [3.05, 3.63) is 58.1 Å². The summed E-state index contributed by atoms with van der Waals surface area (Å²) in [7, 11) is 8.42. The molecule has 1 heterocycles. The van der Waals surface area contributed by atoms with Gasteiger partial charge < -0.3 is 29.1 Å². The Kier molecular flexibility index (Phi) is 7.50. The molecule has 3 rings (SSSR count). The van der Waals surface area contributed by atoms with E-state index in [1.807, 2.05) is 14.1 Å². The molecule has 0 unspecified atom stereocenters. The summed E-state index contributed by atoms with van der Waals surface area (Å²) in [6, 6.07) is 8.93. The summed E-state index contributed by atoms with van der Waals surface area (Å²) in [5.74, 6) is -0.373. The number of carbonyl (C=O) groups is 2. The van der Waals surface area contributed by atoms with Crippen molar-refractivity contribution in [1.82, 2.24) is 4.90 Å². The Balaban J connectivity index is 2.24. The number of nitrogens with zero attached hydrogens (tertiary/aromatic N) is 1. The van der Waals surface area contributed by atoms with Crippen LogP contribution in [0.25, 0.3) is 5.76 Å². The molecule has 0 spiro atoms. The van der Waals surface area contributed by atoms with Crippen LogP contribution in [-0.4, -0.2) is 70.2 Å². The van der Waals surface area contributed by atoms with Crippen LogP contribution in [0.5, 0.6) is 17.2 Å². The number of rotatable bonds is 8. The fraction of sp³-hybridized carbons (Fsp3) is 0.333. The molecule has 33 heavy (non-hydrogen) atoms. The lowest BCUT2D eigenvalue weighted by Gasteiger charge is -2.27. The third-order valence-corrected chi connectivity index (χ3v) is 5.84. The highest BCUT2D eigenvalue weighted by Gasteiger charge is 2.47. The first-order valence-corrected chi connectivity index (χ1v) is 10.7. The van der Waals surface area contributed by atoms with Crippen molar-refractivity contribution in [2.75, 3.05) is 48.5 Å². The number of nitrogens with one attached hydrogen (secondary N) is 1. The monoisotopic (exact) mass is 475 g/mol. The molecule has 8 nitrogen and oxygen atoms in total. The van der Waals surface area contributed by atoms with Gasteiger partial charge in [0.05, 0.1) is 65.2 Å². The molecular formula is C24H28ClN2O6+. The molecule has 0 saturated carbocycles. The molecule has 2 aromatic carbocycles. The number of methoxy groups -OCH3 is 3. The average Bonchev–Trinajstić information content (AvgIpc) is 3.06. The summed E-state index contributed by atoms with van der Waals surface area (Å²) in [4.78, 5) is 28.8. The maximum Gasteiger partial charge on any atom is 0.295 e. The Morgan fingerprint density at radius 1 is 1.03 bits per heavy atom. The van der Waals surface area contributed by atoms with E-state index in [9.17, 15) is 14.7 Å². The van der Waals surface area contributed by atoms with Crippen LogP contribution in [0.1, 0.15) is 17.2 Å². The van der Waals surface area contributed by atoms with Crippen molar-refractivity contribution >= 4 is 29.1 Å². The average molecular weight is 476 g/mol. The summed E-state index contributed by atoms with van der Waals surface area (Å²) in [5, 5.41) is 11.5. The van der Waals surface area contributed by atoms with E-state index >= 15 is 0 Å². The van der Waals surface area contributed by atoms with Crippen LogP contribution in [0.4, 0.5) is 0 Å². The SMILES string of the molecule is COc1ccc(OC)c([C@H]2/C(=C(/O)c3ccc(OC)c(Cl)c3)C(=O)C(=O)N2CC[NH+](C)C)c1. The van der Waals surface area contributed by atoms with Crippen LogP contribution in [0.2, 0.25) is 5.02 Å². The maximum atomic E-state index is 13.2. The first-order valence-electron chi connectivity index (χ1n) is 10.4. The van der Waals surface area contributed by atoms with Crippen molar-refractivity contribution in [2.24, 2.45) is 0 Å². The Morgan fingerprint density at radius 3 is 2.27 bits per heavy atom. The number of amides is 1. The number of carbonyl (C=O) groups excluding carboxylic acids is 2. The van der Waals surface area contributed by atoms with Crippen LogP contribution in [0.3, 0.4) is 0 Å². The van der Waals surface area contributed by atoms with Crippen molar-refractivity contribution < 1.29 is 33.8 Å². The predicted molar refractivity (Wildman–Crippen MR) is 124 cm³/mol. The minimum absolute atomic E-state index is 0.0402. The van der Waals surface area contributed by atoms with Gasteiger partial charge in [-0.1, -0.05) is 11.6 Å². The van der Waals surface area contributed by atoms with E-state index in [1.54, 1.807) is 30.3 Å². The van der Waals surface area contributed by atoms with Gasteiger partial charge in [0.15, 0.2) is 0 Å². The van der Waals surface area contributed by atoms with Crippen molar-refractivity contribution in [3.63, 3.8) is 0 Å². The zero-order valence-electron chi connectivity index (χ0n) is 19.3. The summed E-state index contributed by atoms with van der Waals surface area (Å²) in [6.45, 7) is 0.905. The number of ether oxygens (including phenoxy) is 3. The van der Waals surface area contributed by atoms with Crippen molar-refractivity contribution in [1.29, 1.82) is 0 Å². The third-order valence-electron chi connectivity index (χ3n) is 5.55. The van der Waals surface area contributed by atoms with Gasteiger partial charge in [-0.2, -0.15) is 0 Å². The predicted octanol–water partition coefficient (Wildman–Crippen LogP) is 1.93. The van der Waals surface area contributed by atoms with E-state index in [0.29, 0.717) is 41.5 Å². The van der Waals surface area contributed by atoms with E-state index in [1.165, 1.54) is 32.3 Å². The Morgan fingerprint density at radius 2 is 1.70 bits per heavy atom. The van der Waals surface area contributed by atoms with Gasteiger partial charge in [-0.3, -0.25) is 9.59 Å². The Bertz CT molecular complexity index is 1100. The number of benzene rings is 2. The maximum absolute atomic E-state index is 13.2. The number of quaternary nitrogens is 1. The smallest absolute Gasteiger partial charge is 0.295 e. The summed E-state index contributed by atoms with van der Waals surface area (Å²) >= 11 is 6.24. The highest BCUT2D eigenvalue weighted by molar-refractivity contribution is 6.46. The molecule has 9 heteroatoms. The minimum Gasteiger partial charge on any atom is -0.507 e. The Labute approximate surface area is 197 Å². The number of likely N-dealkylation sites (tertiary alicyclic amines) is 1. The van der Waals surface area contributed by atoms with E-state index in [2.05, 4.69) is 0 Å². The number of likely N-dealkylation sites (N-methyl/N-ethyl adjacent to an activating group) is 1. The number of hydrogen-bond acceptors (Lipinski definition) is 6. The molecule has 0 aliphatic carbocycles. The van der Waals surface area contributed by atoms with Crippen LogP contribution in [0.15, 0.2) is 42.0 Å². The number of hydrogen-bond donors (Lipinski definition) is 2. The molecular weight excluding hydrogens is 448 g/mol. The lowest BCUT2D eigenvalue weighted by atomic mass is 9.94. The molecule has 2 N–H and O–H groups in total. The van der Waals surface area contributed by atoms with Gasteiger partial charge in [-0.05, 0) is 36.4 Å². The number of Topliss-reactive ketones (excluding diaryl/α,β-unsaturated/α-hetero) is 1. The highest BCUT2D eigenvalue weighted by Crippen LogP contribution is 2.44. The second-order valence-corrected chi connectivity index (χ2v) is 8.31. The standard InChI is InChI=1S/C24H27ClN2O6/c1-26(2)10-11-27-21(16-13-15(31-3)7-9-18(16)32-4)20(23(29)24(27)30)22(28)14-6-8-19(33-5)17(25)12-14/h6-9,12-13,21,28H,10-11H2,1-5H3/p+1/b22-20-/t21-/m0/s1. The molecule has 0 radical (unpaired) electrons. The minimum atomic E-state index is -0.865. The molecule has 1 aliphatic rings. The summed E-state index contributed by atoms with van der Waals surface area (Å²) in [5.41, 5.74) is 0.788. The molecule has 1 aliphatic heterocycles. The molecule has 2 aromatic rings. The molecule has 0 bridgehead atoms. The summed E-state index contributed by atoms with van der Waals surface area (Å²) in [6.07, 6.45) is 0. The van der Waals surface area contributed by atoms with E-state index < -0.39 is 17.7 Å².